The quantitative estimate of drug-likeness (QED) is 0.924. The van der Waals surface area contributed by atoms with Crippen molar-refractivity contribution < 1.29 is 13.2 Å². The second-order valence-electron chi connectivity index (χ2n) is 6.13. The molecular weight excluding hydrogens is 324 g/mol. The van der Waals surface area contributed by atoms with Crippen LogP contribution in [0.4, 0.5) is 5.69 Å². The highest BCUT2D eigenvalue weighted by Gasteiger charge is 2.29. The molecule has 0 saturated carbocycles. The molecule has 0 unspecified atom stereocenters. The minimum atomic E-state index is -3.68. The van der Waals surface area contributed by atoms with E-state index in [4.69, 9.17) is 5.14 Å². The van der Waals surface area contributed by atoms with Gasteiger partial charge in [0.1, 0.15) is 0 Å². The lowest BCUT2D eigenvalue weighted by Crippen LogP contribution is -2.35. The molecule has 2 aromatic carbocycles. The van der Waals surface area contributed by atoms with Crippen LogP contribution < -0.4 is 10.0 Å². The summed E-state index contributed by atoms with van der Waals surface area (Å²) in [5, 5.41) is 5.08. The topological polar surface area (TPSA) is 80.5 Å². The Labute approximate surface area is 142 Å². The first-order valence-electron chi connectivity index (χ1n) is 7.88. The highest BCUT2D eigenvalue weighted by molar-refractivity contribution is 7.89. The largest absolute Gasteiger partial charge is 0.309 e. The molecule has 1 aliphatic rings. The first-order valence-corrected chi connectivity index (χ1v) is 9.42. The standard InChI is InChI=1S/C18H20N2O3S/c1-13-12-15-4-2-3-5-17(15)20(13)18(21)11-8-14-6-9-16(10-7-14)24(19,22)23/h2-7,9-10,13H,8,11-12H2,1H3,(H2,19,22,23)/t13-/m0/s1. The van der Waals surface area contributed by atoms with Gasteiger partial charge in [-0.15, -0.1) is 0 Å². The van der Waals surface area contributed by atoms with E-state index >= 15 is 0 Å². The maximum absolute atomic E-state index is 12.6. The Morgan fingerprint density at radius 2 is 1.83 bits per heavy atom. The van der Waals surface area contributed by atoms with Crippen molar-refractivity contribution in [2.24, 2.45) is 5.14 Å². The fraction of sp³-hybridized carbons (Fsp3) is 0.278. The summed E-state index contributed by atoms with van der Waals surface area (Å²) < 4.78 is 22.5. The van der Waals surface area contributed by atoms with Gasteiger partial charge in [0.2, 0.25) is 15.9 Å². The molecule has 24 heavy (non-hydrogen) atoms. The number of nitrogens with two attached hydrogens (primary N) is 1. The maximum atomic E-state index is 12.6. The summed E-state index contributed by atoms with van der Waals surface area (Å²) in [6, 6.07) is 14.5. The molecule has 2 N–H and O–H groups in total. The Hall–Kier alpha value is -2.18. The number of para-hydroxylation sites is 1. The molecule has 5 nitrogen and oxygen atoms in total. The van der Waals surface area contributed by atoms with Crippen LogP contribution in [0, 0.1) is 0 Å². The Morgan fingerprint density at radius 3 is 2.50 bits per heavy atom. The van der Waals surface area contributed by atoms with Gasteiger partial charge in [-0.05, 0) is 49.1 Å². The molecular formula is C18H20N2O3S. The molecule has 2 aromatic rings. The average molecular weight is 344 g/mol. The van der Waals surface area contributed by atoms with Crippen LogP contribution in [0.5, 0.6) is 0 Å². The number of aryl methyl sites for hydroxylation is 1. The third kappa shape index (κ3) is 3.34. The van der Waals surface area contributed by atoms with Crippen molar-refractivity contribution in [1.82, 2.24) is 0 Å². The molecule has 1 aliphatic heterocycles. The predicted molar refractivity (Wildman–Crippen MR) is 93.2 cm³/mol. The number of hydrogen-bond acceptors (Lipinski definition) is 3. The zero-order valence-electron chi connectivity index (χ0n) is 13.5. The number of carbonyl (C=O) groups excluding carboxylic acids is 1. The number of anilines is 1. The van der Waals surface area contributed by atoms with Gasteiger partial charge >= 0.3 is 0 Å². The smallest absolute Gasteiger partial charge is 0.238 e. The van der Waals surface area contributed by atoms with Crippen molar-refractivity contribution in [2.75, 3.05) is 4.90 Å². The van der Waals surface area contributed by atoms with Crippen LogP contribution in [0.3, 0.4) is 0 Å². The van der Waals surface area contributed by atoms with E-state index < -0.39 is 10.0 Å². The van der Waals surface area contributed by atoms with E-state index in [-0.39, 0.29) is 16.8 Å². The number of carbonyl (C=O) groups is 1. The van der Waals surface area contributed by atoms with E-state index in [1.165, 1.54) is 17.7 Å². The highest BCUT2D eigenvalue weighted by atomic mass is 32.2. The highest BCUT2D eigenvalue weighted by Crippen LogP contribution is 2.32. The molecule has 3 rings (SSSR count). The van der Waals surface area contributed by atoms with Crippen LogP contribution in [0.1, 0.15) is 24.5 Å². The Morgan fingerprint density at radius 1 is 1.17 bits per heavy atom. The van der Waals surface area contributed by atoms with Crippen LogP contribution >= 0.6 is 0 Å². The lowest BCUT2D eigenvalue weighted by Gasteiger charge is -2.22. The molecule has 0 spiro atoms. The van der Waals surface area contributed by atoms with Gasteiger partial charge in [-0.25, -0.2) is 13.6 Å². The predicted octanol–water partition coefficient (Wildman–Crippen LogP) is 2.24. The summed E-state index contributed by atoms with van der Waals surface area (Å²) in [5.41, 5.74) is 3.12. The molecule has 1 amide bonds. The molecule has 6 heteroatoms. The molecule has 0 bridgehead atoms. The minimum Gasteiger partial charge on any atom is -0.309 e. The summed E-state index contributed by atoms with van der Waals surface area (Å²) in [6.07, 6.45) is 1.83. The number of nitrogens with zero attached hydrogens (tertiary/aromatic N) is 1. The third-order valence-electron chi connectivity index (χ3n) is 4.36. The summed E-state index contributed by atoms with van der Waals surface area (Å²) >= 11 is 0. The average Bonchev–Trinajstić information content (AvgIpc) is 2.88. The van der Waals surface area contributed by atoms with Gasteiger partial charge in [0, 0.05) is 18.2 Å². The van der Waals surface area contributed by atoms with Crippen LogP contribution in [0.25, 0.3) is 0 Å². The first kappa shape index (κ1) is 16.7. The van der Waals surface area contributed by atoms with Gasteiger partial charge in [0.25, 0.3) is 0 Å². The molecule has 1 atom stereocenters. The lowest BCUT2D eigenvalue weighted by molar-refractivity contribution is -0.118. The zero-order valence-corrected chi connectivity index (χ0v) is 14.3. The van der Waals surface area contributed by atoms with Crippen LogP contribution in [-0.4, -0.2) is 20.4 Å². The molecule has 0 aromatic heterocycles. The van der Waals surface area contributed by atoms with Gasteiger partial charge in [-0.1, -0.05) is 30.3 Å². The third-order valence-corrected chi connectivity index (χ3v) is 5.28. The fourth-order valence-corrected chi connectivity index (χ4v) is 3.68. The summed E-state index contributed by atoms with van der Waals surface area (Å²) in [5.74, 6) is 0.0861. The number of rotatable bonds is 4. The number of hydrogen-bond donors (Lipinski definition) is 1. The number of benzene rings is 2. The minimum absolute atomic E-state index is 0.0830. The monoisotopic (exact) mass is 344 g/mol. The Kier molecular flexibility index (Phi) is 4.43. The molecule has 1 heterocycles. The molecule has 0 aliphatic carbocycles. The summed E-state index contributed by atoms with van der Waals surface area (Å²) in [7, 11) is -3.68. The summed E-state index contributed by atoms with van der Waals surface area (Å²) in [4.78, 5) is 14.6. The van der Waals surface area contributed by atoms with Gasteiger partial charge in [-0.3, -0.25) is 4.79 Å². The SMILES string of the molecule is C[C@H]1Cc2ccccc2N1C(=O)CCc1ccc(S(N)(=O)=O)cc1. The van der Waals surface area contributed by atoms with Crippen LogP contribution in [-0.2, 0) is 27.7 Å². The Bertz CT molecular complexity index is 860. The van der Waals surface area contributed by atoms with E-state index in [1.807, 2.05) is 23.1 Å². The van der Waals surface area contributed by atoms with Crippen molar-refractivity contribution in [3.63, 3.8) is 0 Å². The molecule has 0 saturated heterocycles. The molecule has 0 fully saturated rings. The van der Waals surface area contributed by atoms with Gasteiger partial charge < -0.3 is 4.90 Å². The first-order chi connectivity index (χ1) is 11.4. The van der Waals surface area contributed by atoms with E-state index in [0.29, 0.717) is 12.8 Å². The fourth-order valence-electron chi connectivity index (χ4n) is 3.16. The Balaban J connectivity index is 1.68. The number of primary sulfonamides is 1. The van der Waals surface area contributed by atoms with Crippen molar-refractivity contribution in [3.05, 3.63) is 59.7 Å². The second kappa shape index (κ2) is 6.37. The number of amides is 1. The van der Waals surface area contributed by atoms with E-state index in [1.54, 1.807) is 12.1 Å². The summed E-state index contributed by atoms with van der Waals surface area (Å²) in [6.45, 7) is 2.05. The number of sulfonamides is 1. The lowest BCUT2D eigenvalue weighted by atomic mass is 10.1. The van der Waals surface area contributed by atoms with Crippen molar-refractivity contribution in [2.45, 2.75) is 37.1 Å². The van der Waals surface area contributed by atoms with Gasteiger partial charge in [0.15, 0.2) is 0 Å². The normalized spacial score (nSPS) is 16.9. The van der Waals surface area contributed by atoms with Gasteiger partial charge in [0.05, 0.1) is 4.90 Å². The van der Waals surface area contributed by atoms with Gasteiger partial charge in [-0.2, -0.15) is 0 Å². The maximum Gasteiger partial charge on any atom is 0.238 e. The van der Waals surface area contributed by atoms with Crippen molar-refractivity contribution in [1.29, 1.82) is 0 Å². The van der Waals surface area contributed by atoms with E-state index in [9.17, 15) is 13.2 Å². The van der Waals surface area contributed by atoms with Crippen LogP contribution in [0.15, 0.2) is 53.4 Å². The zero-order chi connectivity index (χ0) is 17.3. The molecule has 0 radical (unpaired) electrons. The van der Waals surface area contributed by atoms with E-state index in [0.717, 1.165) is 17.7 Å². The van der Waals surface area contributed by atoms with E-state index in [2.05, 4.69) is 13.0 Å². The van der Waals surface area contributed by atoms with Crippen molar-refractivity contribution >= 4 is 21.6 Å². The molecule has 126 valence electrons. The second-order valence-corrected chi connectivity index (χ2v) is 7.70. The number of fused-ring (bicyclic) bond motifs is 1. The van der Waals surface area contributed by atoms with Crippen LogP contribution in [0.2, 0.25) is 0 Å². The van der Waals surface area contributed by atoms with Crippen molar-refractivity contribution in [3.8, 4) is 0 Å².